The van der Waals surface area contributed by atoms with Gasteiger partial charge in [0.05, 0.1) is 19.3 Å². The Morgan fingerprint density at radius 2 is 2.00 bits per heavy atom. The van der Waals surface area contributed by atoms with Crippen LogP contribution in [0.25, 0.3) is 0 Å². The van der Waals surface area contributed by atoms with E-state index in [1.807, 2.05) is 45.0 Å². The Morgan fingerprint density at radius 3 is 2.69 bits per heavy atom. The highest BCUT2D eigenvalue weighted by atomic mass is 16.5. The maximum Gasteiger partial charge on any atom is 0.325 e. The van der Waals surface area contributed by atoms with Crippen LogP contribution in [0.2, 0.25) is 0 Å². The van der Waals surface area contributed by atoms with Gasteiger partial charge in [0.15, 0.2) is 0 Å². The molecule has 0 bridgehead atoms. The van der Waals surface area contributed by atoms with E-state index in [1.165, 1.54) is 13.3 Å². The summed E-state index contributed by atoms with van der Waals surface area (Å²) in [5.74, 6) is -0.451. The van der Waals surface area contributed by atoms with Gasteiger partial charge in [-0.1, -0.05) is 39.0 Å². The third-order valence-corrected chi connectivity index (χ3v) is 4.70. The first-order valence-electron chi connectivity index (χ1n) is 9.49. The second-order valence-corrected chi connectivity index (χ2v) is 8.29. The summed E-state index contributed by atoms with van der Waals surface area (Å²) in [4.78, 5) is 45.7. The summed E-state index contributed by atoms with van der Waals surface area (Å²) in [6.45, 7) is 5.85. The summed E-state index contributed by atoms with van der Waals surface area (Å²) in [5.41, 5.74) is 2.01. The number of amides is 2. The first kappa shape index (κ1) is 20.6. The van der Waals surface area contributed by atoms with Gasteiger partial charge in [0, 0.05) is 18.5 Å². The molecule has 1 aliphatic heterocycles. The minimum absolute atomic E-state index is 0.0144. The smallest absolute Gasteiger partial charge is 0.325 e. The van der Waals surface area contributed by atoms with Gasteiger partial charge in [-0.2, -0.15) is 0 Å². The zero-order chi connectivity index (χ0) is 21.2. The van der Waals surface area contributed by atoms with Gasteiger partial charge in [-0.3, -0.25) is 14.4 Å². The lowest BCUT2D eigenvalue weighted by molar-refractivity contribution is -0.139. The van der Waals surface area contributed by atoms with Crippen molar-refractivity contribution in [3.8, 4) is 0 Å². The van der Waals surface area contributed by atoms with Crippen molar-refractivity contribution in [2.75, 3.05) is 18.6 Å². The van der Waals surface area contributed by atoms with Crippen molar-refractivity contribution in [1.29, 1.82) is 0 Å². The Kier molecular flexibility index (Phi) is 5.72. The number of hydrogen-bond donors (Lipinski definition) is 2. The summed E-state index contributed by atoms with van der Waals surface area (Å²) in [7, 11) is 1.25. The van der Waals surface area contributed by atoms with Crippen LogP contribution in [-0.2, 0) is 20.7 Å². The van der Waals surface area contributed by atoms with Crippen LogP contribution in [0.15, 0.2) is 30.5 Å². The number of carbonyl (C=O) groups excluding carboxylic acids is 3. The number of aromatic nitrogens is 2. The molecule has 0 aliphatic carbocycles. The van der Waals surface area contributed by atoms with Gasteiger partial charge in [0.25, 0.3) is 5.91 Å². The van der Waals surface area contributed by atoms with Crippen molar-refractivity contribution in [1.82, 2.24) is 15.3 Å². The van der Waals surface area contributed by atoms with Gasteiger partial charge in [0.2, 0.25) is 5.91 Å². The molecule has 2 N–H and O–H groups in total. The highest BCUT2D eigenvalue weighted by Crippen LogP contribution is 2.40. The van der Waals surface area contributed by atoms with Crippen LogP contribution >= 0.6 is 0 Å². The molecule has 8 heteroatoms. The normalized spacial score (nSPS) is 15.7. The number of methoxy groups -OCH3 is 1. The number of anilines is 1. The van der Waals surface area contributed by atoms with Crippen molar-refractivity contribution in [2.24, 2.45) is 5.41 Å². The third kappa shape index (κ3) is 4.64. The number of imidazole rings is 1. The topological polar surface area (TPSA) is 104 Å². The zero-order valence-electron chi connectivity index (χ0n) is 17.1. The number of nitrogens with one attached hydrogen (secondary N) is 2. The fourth-order valence-corrected chi connectivity index (χ4v) is 3.39. The molecule has 1 aromatic carbocycles. The number of nitrogens with zero attached hydrogens (tertiary/aromatic N) is 2. The van der Waals surface area contributed by atoms with E-state index in [0.29, 0.717) is 18.7 Å². The molecule has 0 fully saturated rings. The van der Waals surface area contributed by atoms with E-state index >= 15 is 0 Å². The second kappa shape index (κ2) is 8.06. The van der Waals surface area contributed by atoms with Crippen LogP contribution < -0.4 is 10.2 Å². The van der Waals surface area contributed by atoms with E-state index in [2.05, 4.69) is 20.0 Å². The summed E-state index contributed by atoms with van der Waals surface area (Å²) in [6.07, 6.45) is 2.42. The quantitative estimate of drug-likeness (QED) is 0.753. The molecule has 154 valence electrons. The van der Waals surface area contributed by atoms with Gasteiger partial charge in [-0.15, -0.1) is 0 Å². The molecule has 2 heterocycles. The van der Waals surface area contributed by atoms with Crippen LogP contribution in [0.5, 0.6) is 0 Å². The highest BCUT2D eigenvalue weighted by molar-refractivity contribution is 5.97. The monoisotopic (exact) mass is 398 g/mol. The zero-order valence-corrected chi connectivity index (χ0v) is 17.1. The summed E-state index contributed by atoms with van der Waals surface area (Å²) < 4.78 is 4.52. The number of hydrogen-bond acceptors (Lipinski definition) is 5. The lowest BCUT2D eigenvalue weighted by Crippen LogP contribution is -2.35. The van der Waals surface area contributed by atoms with E-state index in [9.17, 15) is 14.4 Å². The van der Waals surface area contributed by atoms with E-state index in [-0.39, 0.29) is 29.6 Å². The Bertz CT molecular complexity index is 929. The molecule has 1 aliphatic rings. The average molecular weight is 398 g/mol. The van der Waals surface area contributed by atoms with Gasteiger partial charge in [-0.25, -0.2) is 4.98 Å². The van der Waals surface area contributed by atoms with E-state index < -0.39 is 11.9 Å². The first-order chi connectivity index (χ1) is 13.7. The van der Waals surface area contributed by atoms with E-state index in [1.54, 1.807) is 4.90 Å². The number of rotatable bonds is 5. The first-order valence-corrected chi connectivity index (χ1v) is 9.49. The molecule has 2 aromatic rings. The number of carbonyl (C=O) groups is 3. The molecule has 1 unspecified atom stereocenters. The maximum atomic E-state index is 13.1. The van der Waals surface area contributed by atoms with Gasteiger partial charge >= 0.3 is 5.97 Å². The fourth-order valence-electron chi connectivity index (χ4n) is 3.39. The largest absolute Gasteiger partial charge is 0.468 e. The van der Waals surface area contributed by atoms with Crippen molar-refractivity contribution < 1.29 is 19.1 Å². The number of fused-ring (bicyclic) bond motifs is 1. The second-order valence-electron chi connectivity index (χ2n) is 8.29. The molecule has 1 atom stereocenters. The number of para-hydroxylation sites is 1. The molecule has 0 spiro atoms. The van der Waals surface area contributed by atoms with Crippen molar-refractivity contribution in [2.45, 2.75) is 39.7 Å². The number of aromatic amines is 1. The average Bonchev–Trinajstić information content (AvgIpc) is 3.28. The standard InChI is InChI=1S/C21H26N4O4/c1-21(2,3)10-17(26)25-15-8-6-5-7-13(15)9-16(25)19-22-11-14(24-19)20(28)23-12-18(27)29-4/h5-8,11,16H,9-10,12H2,1-4H3,(H,22,24)(H,23,28). The predicted octanol–water partition coefficient (Wildman–Crippen LogP) is 2.38. The van der Waals surface area contributed by atoms with Crippen LogP contribution in [-0.4, -0.2) is 41.4 Å². The molecule has 3 rings (SSSR count). The lowest BCUT2D eigenvalue weighted by Gasteiger charge is -2.28. The van der Waals surface area contributed by atoms with Crippen LogP contribution in [0, 0.1) is 5.41 Å². The summed E-state index contributed by atoms with van der Waals surface area (Å²) >= 11 is 0. The molecule has 29 heavy (non-hydrogen) atoms. The Labute approximate surface area is 169 Å². The Morgan fingerprint density at radius 1 is 1.28 bits per heavy atom. The number of esters is 1. The molecule has 0 radical (unpaired) electrons. The maximum absolute atomic E-state index is 13.1. The number of benzene rings is 1. The lowest BCUT2D eigenvalue weighted by atomic mass is 9.91. The molecule has 8 nitrogen and oxygen atoms in total. The molecule has 2 amide bonds. The van der Waals surface area contributed by atoms with Gasteiger partial charge in [0.1, 0.15) is 18.1 Å². The summed E-state index contributed by atoms with van der Waals surface area (Å²) in [6, 6.07) is 7.47. The number of H-pyrrole nitrogens is 1. The SMILES string of the molecule is COC(=O)CNC(=O)c1cnc(C2Cc3ccccc3N2C(=O)CC(C)(C)C)[nH]1. The molecular weight excluding hydrogens is 372 g/mol. The van der Waals surface area contributed by atoms with Gasteiger partial charge < -0.3 is 19.9 Å². The summed E-state index contributed by atoms with van der Waals surface area (Å²) in [5, 5.41) is 2.47. The molecular formula is C21H26N4O4. The predicted molar refractivity (Wildman–Crippen MR) is 107 cm³/mol. The minimum atomic E-state index is -0.539. The Hall–Kier alpha value is -3.16. The van der Waals surface area contributed by atoms with E-state index in [4.69, 9.17) is 0 Å². The molecule has 0 saturated carbocycles. The third-order valence-electron chi connectivity index (χ3n) is 4.70. The van der Waals surface area contributed by atoms with Crippen molar-refractivity contribution in [3.05, 3.63) is 47.5 Å². The van der Waals surface area contributed by atoms with Gasteiger partial charge in [-0.05, 0) is 17.0 Å². The molecule has 1 aromatic heterocycles. The Balaban J connectivity index is 1.84. The van der Waals surface area contributed by atoms with Crippen LogP contribution in [0.3, 0.4) is 0 Å². The van der Waals surface area contributed by atoms with Crippen LogP contribution in [0.1, 0.15) is 55.1 Å². The van der Waals surface area contributed by atoms with Crippen molar-refractivity contribution in [3.63, 3.8) is 0 Å². The van der Waals surface area contributed by atoms with E-state index in [0.717, 1.165) is 11.3 Å². The van der Waals surface area contributed by atoms with Crippen LogP contribution in [0.4, 0.5) is 5.69 Å². The minimum Gasteiger partial charge on any atom is -0.468 e. The molecule has 0 saturated heterocycles. The number of ether oxygens (including phenoxy) is 1. The highest BCUT2D eigenvalue weighted by Gasteiger charge is 2.37. The fraction of sp³-hybridized carbons (Fsp3) is 0.429. The van der Waals surface area contributed by atoms with Crippen molar-refractivity contribution >= 4 is 23.5 Å².